The summed E-state index contributed by atoms with van der Waals surface area (Å²) in [5.41, 5.74) is 1.60. The van der Waals surface area contributed by atoms with Crippen LogP contribution in [-0.2, 0) is 11.8 Å². The molecule has 0 atom stereocenters. The number of anilines is 3. The number of carbonyl (C=O) groups excluding carboxylic acids is 1. The summed E-state index contributed by atoms with van der Waals surface area (Å²) in [5.74, 6) is -0.488. The summed E-state index contributed by atoms with van der Waals surface area (Å²) in [7, 11) is 1.80. The molecular formula is C19H16FN7O2. The highest BCUT2D eigenvalue weighted by Gasteiger charge is 2.13. The molecule has 4 rings (SSSR count). The van der Waals surface area contributed by atoms with E-state index in [1.807, 2.05) is 0 Å². The van der Waals surface area contributed by atoms with E-state index < -0.39 is 11.7 Å². The van der Waals surface area contributed by atoms with Gasteiger partial charge in [0.15, 0.2) is 17.2 Å². The number of pyridine rings is 1. The number of amides is 1. The molecule has 0 unspecified atom stereocenters. The molecular weight excluding hydrogens is 377 g/mol. The molecule has 2 N–H and O–H groups in total. The molecule has 0 radical (unpaired) electrons. The zero-order valence-electron chi connectivity index (χ0n) is 15.3. The Labute approximate surface area is 164 Å². The van der Waals surface area contributed by atoms with Gasteiger partial charge < -0.3 is 15.4 Å². The highest BCUT2D eigenvalue weighted by atomic mass is 19.1. The molecule has 0 aliphatic carbocycles. The van der Waals surface area contributed by atoms with Gasteiger partial charge in [-0.25, -0.2) is 4.39 Å². The molecule has 0 spiro atoms. The number of aryl methyl sites for hydroxylation is 1. The topological polar surface area (TPSA) is 98.4 Å². The van der Waals surface area contributed by atoms with Crippen LogP contribution in [0.2, 0.25) is 0 Å². The van der Waals surface area contributed by atoms with Crippen LogP contribution in [0.4, 0.5) is 21.7 Å². The number of fused-ring (bicyclic) bond motifs is 1. The van der Waals surface area contributed by atoms with E-state index in [1.54, 1.807) is 42.3 Å². The van der Waals surface area contributed by atoms with Gasteiger partial charge in [-0.15, -0.1) is 5.10 Å². The lowest BCUT2D eigenvalue weighted by Crippen LogP contribution is -2.07. The summed E-state index contributed by atoms with van der Waals surface area (Å²) >= 11 is 0. The van der Waals surface area contributed by atoms with Gasteiger partial charge in [0.1, 0.15) is 0 Å². The molecule has 0 saturated carbocycles. The summed E-state index contributed by atoms with van der Waals surface area (Å²) in [6, 6.07) is 9.09. The normalized spacial score (nSPS) is 10.7. The number of hydrogen-bond acceptors (Lipinski definition) is 6. The Hall–Kier alpha value is -4.21. The molecule has 9 nitrogen and oxygen atoms in total. The Kier molecular flexibility index (Phi) is 4.65. The van der Waals surface area contributed by atoms with E-state index >= 15 is 0 Å². The Balaban J connectivity index is 1.63. The Morgan fingerprint density at radius 2 is 2.14 bits per heavy atom. The predicted molar refractivity (Wildman–Crippen MR) is 105 cm³/mol. The van der Waals surface area contributed by atoms with Crippen LogP contribution in [0.1, 0.15) is 0 Å². The molecule has 3 heterocycles. The van der Waals surface area contributed by atoms with Crippen LogP contribution >= 0.6 is 0 Å². The second-order valence-electron chi connectivity index (χ2n) is 6.04. The molecule has 10 heteroatoms. The lowest BCUT2D eigenvalue weighted by atomic mass is 10.3. The average molecular weight is 393 g/mol. The van der Waals surface area contributed by atoms with Crippen molar-refractivity contribution >= 4 is 28.9 Å². The largest absolute Gasteiger partial charge is 0.436 e. The third-order valence-corrected chi connectivity index (χ3v) is 3.88. The van der Waals surface area contributed by atoms with Crippen LogP contribution in [0.3, 0.4) is 0 Å². The Bertz CT molecular complexity index is 1210. The third-order valence-electron chi connectivity index (χ3n) is 3.88. The standard InChI is InChI=1S/C19H16FN7O2/c1-3-17(28)22-12-7-8-14(20)15(9-12)29-18-6-4-5-16-24-19(25-27(16)18)23-13-10-21-26(2)11-13/h3-11H,1H2,2H3,(H,22,28)(H,23,25). The Morgan fingerprint density at radius 1 is 1.28 bits per heavy atom. The minimum absolute atomic E-state index is 0.0726. The minimum Gasteiger partial charge on any atom is -0.436 e. The van der Waals surface area contributed by atoms with Crippen LogP contribution in [-0.4, -0.2) is 30.3 Å². The summed E-state index contributed by atoms with van der Waals surface area (Å²) < 4.78 is 23.0. The van der Waals surface area contributed by atoms with Gasteiger partial charge in [0.2, 0.25) is 17.7 Å². The fourth-order valence-corrected chi connectivity index (χ4v) is 2.59. The second kappa shape index (κ2) is 7.43. The van der Waals surface area contributed by atoms with Crippen LogP contribution in [0.25, 0.3) is 5.65 Å². The van der Waals surface area contributed by atoms with Crippen molar-refractivity contribution in [3.8, 4) is 11.6 Å². The zero-order valence-corrected chi connectivity index (χ0v) is 15.3. The van der Waals surface area contributed by atoms with Crippen LogP contribution in [0.5, 0.6) is 11.6 Å². The molecule has 29 heavy (non-hydrogen) atoms. The first-order valence-corrected chi connectivity index (χ1v) is 8.54. The molecule has 1 aromatic carbocycles. The van der Waals surface area contributed by atoms with E-state index in [0.29, 0.717) is 17.3 Å². The van der Waals surface area contributed by atoms with Crippen LogP contribution in [0.15, 0.2) is 61.4 Å². The van der Waals surface area contributed by atoms with E-state index in [1.165, 1.54) is 22.7 Å². The number of carbonyl (C=O) groups is 1. The first-order valence-electron chi connectivity index (χ1n) is 8.54. The van der Waals surface area contributed by atoms with E-state index in [-0.39, 0.29) is 11.6 Å². The maximum atomic E-state index is 14.2. The predicted octanol–water partition coefficient (Wildman–Crippen LogP) is 3.26. The summed E-state index contributed by atoms with van der Waals surface area (Å²) in [6.45, 7) is 3.39. The van der Waals surface area contributed by atoms with Gasteiger partial charge in [0.25, 0.3) is 0 Å². The van der Waals surface area contributed by atoms with Crippen LogP contribution < -0.4 is 15.4 Å². The molecule has 0 fully saturated rings. The summed E-state index contributed by atoms with van der Waals surface area (Å²) in [4.78, 5) is 15.8. The van der Waals surface area contributed by atoms with Crippen molar-refractivity contribution in [1.82, 2.24) is 24.4 Å². The lowest BCUT2D eigenvalue weighted by molar-refractivity contribution is -0.111. The highest BCUT2D eigenvalue weighted by Crippen LogP contribution is 2.28. The van der Waals surface area contributed by atoms with E-state index in [4.69, 9.17) is 4.74 Å². The summed E-state index contributed by atoms with van der Waals surface area (Å²) in [5, 5.41) is 14.0. The number of nitrogens with zero attached hydrogens (tertiary/aromatic N) is 5. The number of aromatic nitrogens is 5. The van der Waals surface area contributed by atoms with Gasteiger partial charge in [-0.1, -0.05) is 12.6 Å². The minimum atomic E-state index is -0.590. The van der Waals surface area contributed by atoms with Gasteiger partial charge in [-0.05, 0) is 24.3 Å². The molecule has 0 aliphatic rings. The Morgan fingerprint density at radius 3 is 2.90 bits per heavy atom. The molecule has 3 aromatic heterocycles. The number of hydrogen-bond donors (Lipinski definition) is 2. The fraction of sp³-hybridized carbons (Fsp3) is 0.0526. The van der Waals surface area contributed by atoms with Crippen molar-refractivity contribution in [2.45, 2.75) is 0 Å². The number of benzene rings is 1. The second-order valence-corrected chi connectivity index (χ2v) is 6.04. The number of nitrogens with one attached hydrogen (secondary N) is 2. The van der Waals surface area contributed by atoms with Gasteiger partial charge in [0, 0.05) is 31.1 Å². The van der Waals surface area contributed by atoms with Gasteiger partial charge in [-0.2, -0.15) is 14.6 Å². The van der Waals surface area contributed by atoms with Crippen molar-refractivity contribution in [2.75, 3.05) is 10.6 Å². The first-order chi connectivity index (χ1) is 14.0. The molecule has 0 aliphatic heterocycles. The number of rotatable bonds is 6. The smallest absolute Gasteiger partial charge is 0.247 e. The van der Waals surface area contributed by atoms with E-state index in [0.717, 1.165) is 11.8 Å². The van der Waals surface area contributed by atoms with E-state index in [2.05, 4.69) is 32.4 Å². The summed E-state index contributed by atoms with van der Waals surface area (Å²) in [6.07, 6.45) is 4.54. The lowest BCUT2D eigenvalue weighted by Gasteiger charge is -2.10. The van der Waals surface area contributed by atoms with Gasteiger partial charge in [0.05, 0.1) is 11.9 Å². The van der Waals surface area contributed by atoms with Crippen molar-refractivity contribution in [2.24, 2.45) is 7.05 Å². The van der Waals surface area contributed by atoms with Crippen molar-refractivity contribution < 1.29 is 13.9 Å². The molecule has 1 amide bonds. The first kappa shape index (κ1) is 18.2. The zero-order chi connectivity index (χ0) is 20.4. The SMILES string of the molecule is C=CC(=O)Nc1ccc(F)c(Oc2cccc3nc(Nc4cnn(C)c4)nn23)c1. The molecule has 0 bridgehead atoms. The van der Waals surface area contributed by atoms with Gasteiger partial charge >= 0.3 is 0 Å². The van der Waals surface area contributed by atoms with Crippen molar-refractivity contribution in [3.05, 3.63) is 67.3 Å². The highest BCUT2D eigenvalue weighted by molar-refractivity contribution is 5.98. The molecule has 4 aromatic rings. The van der Waals surface area contributed by atoms with Crippen molar-refractivity contribution in [3.63, 3.8) is 0 Å². The number of halogens is 1. The van der Waals surface area contributed by atoms with Crippen LogP contribution in [0, 0.1) is 5.82 Å². The monoisotopic (exact) mass is 393 g/mol. The van der Waals surface area contributed by atoms with Gasteiger partial charge in [-0.3, -0.25) is 9.48 Å². The number of ether oxygens (including phenoxy) is 1. The molecule has 0 saturated heterocycles. The third kappa shape index (κ3) is 3.90. The quantitative estimate of drug-likeness (QED) is 0.488. The van der Waals surface area contributed by atoms with Crippen molar-refractivity contribution in [1.29, 1.82) is 0 Å². The fourth-order valence-electron chi connectivity index (χ4n) is 2.59. The maximum Gasteiger partial charge on any atom is 0.247 e. The average Bonchev–Trinajstić information content (AvgIpc) is 3.30. The maximum absolute atomic E-state index is 14.2. The molecule has 146 valence electrons. The van der Waals surface area contributed by atoms with E-state index in [9.17, 15) is 9.18 Å².